The number of ether oxygens (including phenoxy) is 1. The van der Waals surface area contributed by atoms with Gasteiger partial charge in [-0.1, -0.05) is 49.9 Å². The van der Waals surface area contributed by atoms with Crippen LogP contribution in [-0.4, -0.2) is 46.2 Å². The molecule has 1 fully saturated rings. The van der Waals surface area contributed by atoms with Crippen molar-refractivity contribution >= 4 is 34.6 Å². The minimum absolute atomic E-state index is 0.204. The first-order valence-electron chi connectivity index (χ1n) is 16.8. The van der Waals surface area contributed by atoms with E-state index >= 15 is 0 Å². The first-order chi connectivity index (χ1) is 23.9. The number of nitrogens with zero attached hydrogens (tertiary/aromatic N) is 3. The minimum atomic E-state index is -0.402. The SMILES string of the molecule is C=C(NCc1c(CC)nc2c(cnn2CC)c1NC1CCOCC1)c1cccc(C(=O)NCc2ccc(F)c(-c3cccc(C=O)c3)c2)c1. The molecule has 0 aliphatic carbocycles. The summed E-state index contributed by atoms with van der Waals surface area (Å²) in [5.74, 6) is -0.664. The molecule has 3 N–H and O–H groups in total. The Morgan fingerprint density at radius 1 is 1.02 bits per heavy atom. The van der Waals surface area contributed by atoms with E-state index < -0.39 is 5.82 Å². The molecule has 0 spiro atoms. The summed E-state index contributed by atoms with van der Waals surface area (Å²) in [5, 5.41) is 15.8. The lowest BCUT2D eigenvalue weighted by molar-refractivity contribution is 0.0904. The van der Waals surface area contributed by atoms with Crippen molar-refractivity contribution in [3.8, 4) is 11.1 Å². The van der Waals surface area contributed by atoms with Crippen LogP contribution in [0.4, 0.5) is 10.1 Å². The van der Waals surface area contributed by atoms with Crippen molar-refractivity contribution in [3.63, 3.8) is 0 Å². The number of halogens is 1. The van der Waals surface area contributed by atoms with Gasteiger partial charge >= 0.3 is 0 Å². The lowest BCUT2D eigenvalue weighted by Gasteiger charge is -2.27. The Morgan fingerprint density at radius 2 is 1.82 bits per heavy atom. The summed E-state index contributed by atoms with van der Waals surface area (Å²) in [6, 6.07) is 19.1. The van der Waals surface area contributed by atoms with E-state index in [0.29, 0.717) is 40.5 Å². The summed E-state index contributed by atoms with van der Waals surface area (Å²) in [4.78, 5) is 29.5. The summed E-state index contributed by atoms with van der Waals surface area (Å²) in [6.45, 7) is 11.4. The number of amides is 1. The Hall–Kier alpha value is -5.35. The molecular weight excluding hydrogens is 619 g/mol. The number of nitrogens with one attached hydrogen (secondary N) is 3. The average molecular weight is 661 g/mol. The third-order valence-corrected chi connectivity index (χ3v) is 8.95. The number of carbonyl (C=O) groups excluding carboxylic acids is 2. The first kappa shape index (κ1) is 33.5. The molecule has 2 aromatic heterocycles. The van der Waals surface area contributed by atoms with Gasteiger partial charge in [0.2, 0.25) is 0 Å². The van der Waals surface area contributed by atoms with Gasteiger partial charge < -0.3 is 20.7 Å². The molecule has 5 aromatic rings. The van der Waals surface area contributed by atoms with Gasteiger partial charge in [0.05, 0.1) is 17.3 Å². The van der Waals surface area contributed by atoms with Crippen molar-refractivity contribution in [2.75, 3.05) is 18.5 Å². The zero-order valence-electron chi connectivity index (χ0n) is 27.9. The average Bonchev–Trinajstić information content (AvgIpc) is 3.57. The van der Waals surface area contributed by atoms with Gasteiger partial charge in [0.1, 0.15) is 12.1 Å². The topological polar surface area (TPSA) is 110 Å². The third kappa shape index (κ3) is 7.54. The molecular formula is C39H41FN6O3. The second kappa shape index (κ2) is 15.3. The Labute approximate surface area is 285 Å². The maximum absolute atomic E-state index is 14.7. The molecule has 49 heavy (non-hydrogen) atoms. The van der Waals surface area contributed by atoms with E-state index in [2.05, 4.69) is 41.5 Å². The molecule has 1 aliphatic heterocycles. The van der Waals surface area contributed by atoms with E-state index in [1.54, 1.807) is 48.5 Å². The van der Waals surface area contributed by atoms with Gasteiger partial charge in [0, 0.05) is 72.5 Å². The quantitative estimate of drug-likeness (QED) is 0.118. The van der Waals surface area contributed by atoms with Crippen LogP contribution < -0.4 is 16.0 Å². The van der Waals surface area contributed by atoms with Crippen LogP contribution in [0.2, 0.25) is 0 Å². The smallest absolute Gasteiger partial charge is 0.251 e. The molecule has 3 heterocycles. The summed E-state index contributed by atoms with van der Waals surface area (Å²) < 4.78 is 22.2. The molecule has 1 aliphatic rings. The maximum Gasteiger partial charge on any atom is 0.251 e. The van der Waals surface area contributed by atoms with Crippen LogP contribution >= 0.6 is 0 Å². The van der Waals surface area contributed by atoms with E-state index in [-0.39, 0.29) is 12.5 Å². The molecule has 1 saturated heterocycles. The van der Waals surface area contributed by atoms with Gasteiger partial charge in [-0.05, 0) is 73.2 Å². The largest absolute Gasteiger partial charge is 0.381 e. The molecule has 1 amide bonds. The van der Waals surface area contributed by atoms with E-state index in [9.17, 15) is 14.0 Å². The summed E-state index contributed by atoms with van der Waals surface area (Å²) in [5.41, 5.74) is 8.09. The van der Waals surface area contributed by atoms with Gasteiger partial charge in [-0.3, -0.25) is 9.59 Å². The molecule has 0 radical (unpaired) electrons. The number of anilines is 1. The van der Waals surface area contributed by atoms with Crippen molar-refractivity contribution in [1.29, 1.82) is 0 Å². The second-order valence-corrected chi connectivity index (χ2v) is 12.1. The predicted octanol–water partition coefficient (Wildman–Crippen LogP) is 6.91. The normalized spacial score (nSPS) is 13.3. The number of fused-ring (bicyclic) bond motifs is 1. The highest BCUT2D eigenvalue weighted by atomic mass is 19.1. The van der Waals surface area contributed by atoms with E-state index in [0.717, 1.165) is 84.4 Å². The van der Waals surface area contributed by atoms with E-state index in [1.165, 1.54) is 6.07 Å². The predicted molar refractivity (Wildman–Crippen MR) is 191 cm³/mol. The van der Waals surface area contributed by atoms with Crippen molar-refractivity contribution in [2.45, 2.75) is 58.8 Å². The molecule has 252 valence electrons. The number of carbonyl (C=O) groups is 2. The van der Waals surface area contributed by atoms with Crippen molar-refractivity contribution < 1.29 is 18.7 Å². The Morgan fingerprint density at radius 3 is 2.59 bits per heavy atom. The van der Waals surface area contributed by atoms with Crippen molar-refractivity contribution in [2.24, 2.45) is 0 Å². The maximum atomic E-state index is 14.7. The zero-order chi connectivity index (χ0) is 34.3. The lowest BCUT2D eigenvalue weighted by Crippen LogP contribution is -2.29. The Balaban J connectivity index is 1.16. The van der Waals surface area contributed by atoms with Crippen LogP contribution in [0.5, 0.6) is 0 Å². The molecule has 0 bridgehead atoms. The summed E-state index contributed by atoms with van der Waals surface area (Å²) in [7, 11) is 0. The molecule has 6 rings (SSSR count). The Kier molecular flexibility index (Phi) is 10.4. The molecule has 3 aromatic carbocycles. The molecule has 0 saturated carbocycles. The van der Waals surface area contributed by atoms with Gasteiger partial charge in [-0.2, -0.15) is 5.10 Å². The highest BCUT2D eigenvalue weighted by Crippen LogP contribution is 2.32. The third-order valence-electron chi connectivity index (χ3n) is 8.95. The lowest BCUT2D eigenvalue weighted by atomic mass is 10.0. The van der Waals surface area contributed by atoms with Crippen LogP contribution in [0.3, 0.4) is 0 Å². The van der Waals surface area contributed by atoms with E-state index in [4.69, 9.17) is 9.72 Å². The monoisotopic (exact) mass is 660 g/mol. The molecule has 0 unspecified atom stereocenters. The number of pyridine rings is 1. The van der Waals surface area contributed by atoms with Crippen LogP contribution in [0.15, 0.2) is 79.5 Å². The van der Waals surface area contributed by atoms with Gasteiger partial charge in [-0.15, -0.1) is 0 Å². The van der Waals surface area contributed by atoms with Gasteiger partial charge in [0.15, 0.2) is 5.65 Å². The fourth-order valence-corrected chi connectivity index (χ4v) is 6.21. The number of aromatic nitrogens is 3. The fourth-order valence-electron chi connectivity index (χ4n) is 6.21. The number of hydrogen-bond acceptors (Lipinski definition) is 7. The molecule has 9 nitrogen and oxygen atoms in total. The number of benzene rings is 3. The van der Waals surface area contributed by atoms with Gasteiger partial charge in [0.25, 0.3) is 5.91 Å². The highest BCUT2D eigenvalue weighted by molar-refractivity contribution is 5.95. The molecule has 10 heteroatoms. The summed E-state index contributed by atoms with van der Waals surface area (Å²) >= 11 is 0. The Bertz CT molecular complexity index is 2000. The molecule has 0 atom stereocenters. The van der Waals surface area contributed by atoms with Crippen LogP contribution in [-0.2, 0) is 30.8 Å². The fraction of sp³-hybridized carbons (Fsp3) is 0.282. The zero-order valence-corrected chi connectivity index (χ0v) is 27.9. The highest BCUT2D eigenvalue weighted by Gasteiger charge is 2.22. The standard InChI is InChI=1S/C39H41FN6O3/c1-4-36-33(37(44-31-14-16-49-17-15-31)34-23-43-46(5-2)38(34)45-36)22-41-25(3)28-9-7-11-30(20-28)39(48)42-21-26-12-13-35(40)32(19-26)29-10-6-8-27(18-29)24-47/h6-13,18-20,23-24,31,41H,3-5,14-17,21-22H2,1-2H3,(H,42,48)(H,44,45). The minimum Gasteiger partial charge on any atom is -0.381 e. The van der Waals surface area contributed by atoms with Crippen LogP contribution in [0.1, 0.15) is 69.8 Å². The first-order valence-corrected chi connectivity index (χ1v) is 16.8. The van der Waals surface area contributed by atoms with Crippen molar-refractivity contribution in [3.05, 3.63) is 119 Å². The van der Waals surface area contributed by atoms with Crippen LogP contribution in [0, 0.1) is 5.82 Å². The number of rotatable bonds is 13. The number of aryl methyl sites for hydroxylation is 2. The van der Waals surface area contributed by atoms with Gasteiger partial charge in [-0.25, -0.2) is 14.1 Å². The van der Waals surface area contributed by atoms with Crippen molar-refractivity contribution in [1.82, 2.24) is 25.4 Å². The van der Waals surface area contributed by atoms with E-state index in [1.807, 2.05) is 23.0 Å². The number of hydrogen-bond donors (Lipinski definition) is 3. The number of aldehydes is 1. The summed E-state index contributed by atoms with van der Waals surface area (Å²) in [6.07, 6.45) is 5.24. The second-order valence-electron chi connectivity index (χ2n) is 12.1. The van der Waals surface area contributed by atoms with Crippen LogP contribution in [0.25, 0.3) is 27.9 Å².